The molecule has 0 aromatic carbocycles. The summed E-state index contributed by atoms with van der Waals surface area (Å²) in [6.07, 6.45) is 9.23. The molecule has 0 saturated heterocycles. The average molecular weight is 338 g/mol. The van der Waals surface area contributed by atoms with Gasteiger partial charge in [0.15, 0.2) is 0 Å². The molecule has 0 unspecified atom stereocenters. The maximum Gasteiger partial charge on any atom is 0.117 e. The first-order chi connectivity index (χ1) is 12.4. The van der Waals surface area contributed by atoms with Crippen molar-refractivity contribution in [3.63, 3.8) is 0 Å². The van der Waals surface area contributed by atoms with Gasteiger partial charge in [-0.2, -0.15) is 0 Å². The van der Waals surface area contributed by atoms with Crippen LogP contribution in [-0.2, 0) is 31.0 Å². The van der Waals surface area contributed by atoms with Crippen LogP contribution in [0, 0.1) is 5.92 Å². The summed E-state index contributed by atoms with van der Waals surface area (Å²) in [6.45, 7) is 4.88. The van der Waals surface area contributed by atoms with Crippen LogP contribution in [0.15, 0.2) is 59.9 Å². The number of aromatic nitrogens is 3. The van der Waals surface area contributed by atoms with Gasteiger partial charge in [-0.25, -0.2) is 4.98 Å². The largest absolute Gasteiger partial charge is 0.468 e. The van der Waals surface area contributed by atoms with E-state index in [2.05, 4.69) is 19.4 Å². The average Bonchev–Trinajstić information content (AvgIpc) is 3.25. The van der Waals surface area contributed by atoms with E-state index >= 15 is 0 Å². The second-order valence-electron chi connectivity index (χ2n) is 6.53. The van der Waals surface area contributed by atoms with Gasteiger partial charge >= 0.3 is 0 Å². The van der Waals surface area contributed by atoms with Crippen LogP contribution in [-0.4, -0.2) is 32.6 Å². The van der Waals surface area contributed by atoms with Gasteiger partial charge < -0.3 is 13.7 Å². The number of fused-ring (bicyclic) bond motifs is 1. The Bertz CT molecular complexity index is 770. The molecule has 0 saturated carbocycles. The van der Waals surface area contributed by atoms with Gasteiger partial charge in [0.1, 0.15) is 5.76 Å². The Kier molecular flexibility index (Phi) is 4.90. The summed E-state index contributed by atoms with van der Waals surface area (Å²) in [7, 11) is 0. The minimum Gasteiger partial charge on any atom is -0.468 e. The Morgan fingerprint density at radius 2 is 2.16 bits per heavy atom. The Balaban J connectivity index is 1.40. The molecule has 4 rings (SSSR count). The lowest BCUT2D eigenvalue weighted by molar-refractivity contribution is 0.0652. The van der Waals surface area contributed by atoms with Crippen LogP contribution in [0.3, 0.4) is 0 Å². The minimum absolute atomic E-state index is 0.405. The molecule has 4 heterocycles. The minimum atomic E-state index is 0.405. The Morgan fingerprint density at radius 3 is 3.00 bits per heavy atom. The summed E-state index contributed by atoms with van der Waals surface area (Å²) >= 11 is 0. The molecule has 25 heavy (non-hydrogen) atoms. The molecular formula is C19H22N4O2. The number of hydrogen-bond acceptors (Lipinski definition) is 5. The molecule has 0 spiro atoms. The van der Waals surface area contributed by atoms with Gasteiger partial charge in [-0.3, -0.25) is 9.88 Å². The van der Waals surface area contributed by atoms with Crippen molar-refractivity contribution in [1.82, 2.24) is 19.4 Å². The molecular weight excluding hydrogens is 316 g/mol. The maximum absolute atomic E-state index is 5.97. The number of furan rings is 1. The second-order valence-corrected chi connectivity index (χ2v) is 6.53. The predicted molar refractivity (Wildman–Crippen MR) is 92.4 cm³/mol. The van der Waals surface area contributed by atoms with E-state index in [1.54, 1.807) is 12.5 Å². The molecule has 0 N–H and O–H groups in total. The van der Waals surface area contributed by atoms with Crippen molar-refractivity contribution in [1.29, 1.82) is 0 Å². The Hall–Kier alpha value is -2.44. The van der Waals surface area contributed by atoms with Crippen LogP contribution in [0.2, 0.25) is 0 Å². The van der Waals surface area contributed by atoms with Crippen molar-refractivity contribution in [2.45, 2.75) is 26.2 Å². The summed E-state index contributed by atoms with van der Waals surface area (Å²) in [5, 5.41) is 0. The van der Waals surface area contributed by atoms with Crippen LogP contribution in [0.4, 0.5) is 0 Å². The number of ether oxygens (including phenoxy) is 1. The number of rotatable bonds is 6. The first-order valence-corrected chi connectivity index (χ1v) is 8.57. The van der Waals surface area contributed by atoms with E-state index < -0.39 is 0 Å². The number of nitrogens with zero attached hydrogens (tertiary/aromatic N) is 4. The highest BCUT2D eigenvalue weighted by Gasteiger charge is 2.22. The third kappa shape index (κ3) is 4.15. The third-order valence-corrected chi connectivity index (χ3v) is 4.46. The van der Waals surface area contributed by atoms with Crippen LogP contribution < -0.4 is 0 Å². The van der Waals surface area contributed by atoms with Gasteiger partial charge in [-0.05, 0) is 23.8 Å². The summed E-state index contributed by atoms with van der Waals surface area (Å²) in [5.74, 6) is 1.39. The van der Waals surface area contributed by atoms with Gasteiger partial charge in [0, 0.05) is 44.1 Å². The van der Waals surface area contributed by atoms with Gasteiger partial charge in [-0.15, -0.1) is 0 Å². The maximum atomic E-state index is 5.97. The predicted octanol–water partition coefficient (Wildman–Crippen LogP) is 2.72. The van der Waals surface area contributed by atoms with E-state index in [0.29, 0.717) is 19.1 Å². The standard InChI is InChI=1S/C19H22N4O2/c1-3-16(7-20-5-1)13-24-14-17-9-22(12-19-4-2-6-25-19)11-18-8-21-15-23(18)10-17/h1-8,15,17H,9-14H2/t17-/m0/s1. The smallest absolute Gasteiger partial charge is 0.117 e. The fourth-order valence-corrected chi connectivity index (χ4v) is 3.31. The summed E-state index contributed by atoms with van der Waals surface area (Å²) < 4.78 is 13.7. The van der Waals surface area contributed by atoms with Crippen molar-refractivity contribution < 1.29 is 9.15 Å². The van der Waals surface area contributed by atoms with Crippen molar-refractivity contribution >= 4 is 0 Å². The van der Waals surface area contributed by atoms with Crippen molar-refractivity contribution in [3.05, 3.63) is 72.5 Å². The fraction of sp³-hybridized carbons (Fsp3) is 0.368. The van der Waals surface area contributed by atoms with Gasteiger partial charge in [0.25, 0.3) is 0 Å². The first-order valence-electron chi connectivity index (χ1n) is 8.57. The molecule has 1 atom stereocenters. The lowest BCUT2D eigenvalue weighted by Crippen LogP contribution is -2.29. The summed E-state index contributed by atoms with van der Waals surface area (Å²) in [5.41, 5.74) is 2.34. The van der Waals surface area contributed by atoms with Crippen LogP contribution in [0.25, 0.3) is 0 Å². The second kappa shape index (κ2) is 7.63. The van der Waals surface area contributed by atoms with Crippen LogP contribution >= 0.6 is 0 Å². The molecule has 130 valence electrons. The first kappa shape index (κ1) is 16.1. The van der Waals surface area contributed by atoms with E-state index in [1.165, 1.54) is 5.69 Å². The molecule has 3 aromatic heterocycles. The van der Waals surface area contributed by atoms with Crippen LogP contribution in [0.1, 0.15) is 17.0 Å². The number of imidazole rings is 1. The SMILES string of the molecule is c1cncc(COC[C@H]2CN(Cc3ccco3)Cc3cncn3C2)c1. The lowest BCUT2D eigenvalue weighted by atomic mass is 10.1. The molecule has 0 fully saturated rings. The van der Waals surface area contributed by atoms with Crippen molar-refractivity contribution in [3.8, 4) is 0 Å². The van der Waals surface area contributed by atoms with E-state index in [1.807, 2.05) is 43.0 Å². The lowest BCUT2D eigenvalue weighted by Gasteiger charge is -2.23. The highest BCUT2D eigenvalue weighted by molar-refractivity contribution is 5.07. The molecule has 0 bridgehead atoms. The van der Waals surface area contributed by atoms with E-state index in [0.717, 1.165) is 37.5 Å². The zero-order valence-electron chi connectivity index (χ0n) is 14.1. The highest BCUT2D eigenvalue weighted by Crippen LogP contribution is 2.19. The number of hydrogen-bond donors (Lipinski definition) is 0. The van der Waals surface area contributed by atoms with Crippen LogP contribution in [0.5, 0.6) is 0 Å². The molecule has 1 aliphatic rings. The highest BCUT2D eigenvalue weighted by atomic mass is 16.5. The van der Waals surface area contributed by atoms with E-state index in [4.69, 9.17) is 9.15 Å². The van der Waals surface area contributed by atoms with Crippen molar-refractivity contribution in [2.24, 2.45) is 5.92 Å². The molecule has 1 aliphatic heterocycles. The molecule has 6 nitrogen and oxygen atoms in total. The van der Waals surface area contributed by atoms with E-state index in [9.17, 15) is 0 Å². The van der Waals surface area contributed by atoms with Crippen molar-refractivity contribution in [2.75, 3.05) is 13.2 Å². The number of pyridine rings is 1. The fourth-order valence-electron chi connectivity index (χ4n) is 3.31. The Morgan fingerprint density at radius 1 is 1.16 bits per heavy atom. The van der Waals surface area contributed by atoms with Gasteiger partial charge in [0.2, 0.25) is 0 Å². The topological polar surface area (TPSA) is 56.3 Å². The summed E-state index contributed by atoms with van der Waals surface area (Å²) in [4.78, 5) is 10.8. The molecule has 3 aromatic rings. The zero-order valence-corrected chi connectivity index (χ0v) is 14.1. The van der Waals surface area contributed by atoms with Gasteiger partial charge in [0.05, 0.1) is 38.0 Å². The monoisotopic (exact) mass is 338 g/mol. The summed E-state index contributed by atoms with van der Waals surface area (Å²) in [6, 6.07) is 7.94. The van der Waals surface area contributed by atoms with E-state index in [-0.39, 0.29) is 0 Å². The third-order valence-electron chi connectivity index (χ3n) is 4.46. The Labute approximate surface area is 147 Å². The molecule has 0 radical (unpaired) electrons. The molecule has 0 aliphatic carbocycles. The molecule has 0 amide bonds. The molecule has 6 heteroatoms. The zero-order chi connectivity index (χ0) is 16.9. The van der Waals surface area contributed by atoms with Gasteiger partial charge in [-0.1, -0.05) is 6.07 Å². The quantitative estimate of drug-likeness (QED) is 0.692. The normalized spacial score (nSPS) is 18.0.